The first-order valence-electron chi connectivity index (χ1n) is 35.5. The molecule has 29 nitrogen and oxygen atoms in total. The first-order valence-corrected chi connectivity index (χ1v) is 35.5. The molecule has 2 atom stereocenters. The number of fused-ring (bicyclic) bond motifs is 12. The molecule has 2 saturated heterocycles. The van der Waals surface area contributed by atoms with E-state index in [0.717, 1.165) is 94.3 Å². The fourth-order valence-electron chi connectivity index (χ4n) is 14.2. The molecule has 14 heterocycles. The zero-order valence-corrected chi connectivity index (χ0v) is 58.9. The largest absolute Gasteiger partial charge is 0.493 e. The molecule has 0 saturated carbocycles. The number of rotatable bonds is 9. The molecule has 0 unspecified atom stereocenters. The molecule has 0 radical (unpaired) electrons. The van der Waals surface area contributed by atoms with Gasteiger partial charge in [0.25, 0.3) is 17.7 Å². The third-order valence-electron chi connectivity index (χ3n) is 19.8. The van der Waals surface area contributed by atoms with Gasteiger partial charge in [0.2, 0.25) is 5.88 Å². The van der Waals surface area contributed by atoms with E-state index in [1.807, 2.05) is 102 Å². The Kier molecular flexibility index (Phi) is 18.2. The van der Waals surface area contributed by atoms with E-state index in [9.17, 15) is 14.4 Å². The Bertz CT molecular complexity index is 5500. The molecule has 3 aromatic carbocycles. The number of benzene rings is 3. The molecule has 5 aliphatic heterocycles. The van der Waals surface area contributed by atoms with E-state index in [2.05, 4.69) is 55.1 Å². The molecule has 17 rings (SSSR count). The summed E-state index contributed by atoms with van der Waals surface area (Å²) in [6.07, 6.45) is 24.3. The summed E-state index contributed by atoms with van der Waals surface area (Å²) in [7, 11) is 5.98. The van der Waals surface area contributed by atoms with E-state index in [-0.39, 0.29) is 89.3 Å². The minimum Gasteiger partial charge on any atom is -0.493 e. The van der Waals surface area contributed by atoms with Crippen molar-refractivity contribution in [1.29, 1.82) is 0 Å². The molecule has 29 heteroatoms. The molecule has 0 aliphatic carbocycles. The summed E-state index contributed by atoms with van der Waals surface area (Å²) in [6, 6.07) is 22.4. The summed E-state index contributed by atoms with van der Waals surface area (Å²) in [4.78, 5) is 63.5. The number of H-pyrrole nitrogens is 1. The van der Waals surface area contributed by atoms with Crippen LogP contribution in [0.5, 0.6) is 23.1 Å². The normalized spacial score (nSPS) is 18.0. The molecular weight excluding hydrogens is 1350 g/mol. The fraction of sp³-hybridized carbons (Fsp3) is 0.299. The topological polar surface area (TPSA) is 306 Å². The fourth-order valence-corrected chi connectivity index (χ4v) is 14.2. The van der Waals surface area contributed by atoms with Gasteiger partial charge in [-0.05, 0) is 144 Å². The lowest BCUT2D eigenvalue weighted by Gasteiger charge is -2.15. The van der Waals surface area contributed by atoms with E-state index >= 15 is 0 Å². The number of ether oxygens (including phenoxy) is 6. The Hall–Kier alpha value is -12.2. The van der Waals surface area contributed by atoms with Gasteiger partial charge in [0.15, 0.2) is 0 Å². The van der Waals surface area contributed by atoms with Crippen LogP contribution in [-0.2, 0) is 36.4 Å². The number of nitrogens with zero attached hydrogens (tertiary/aromatic N) is 16. The SMILES string of the molecule is CCNC(=O)c1ccc2c(c1)/C=C/c1n[nH]c3cnc(cc13)-c1cnn(Cn3nc4c5cc(ncc53)-c3cnn(-n5nc6c7cc(ncc75)-c5cnn(C)c5COCCOc5cc(C(=O)N[C@@H]7CCN(C)C7)ccc5/C=C/6)c3OCCCOc3cc(C(=O)N[C@H]5CCN(C)C5)ccc3/C=C/4)c1COCCO2. The van der Waals surface area contributed by atoms with E-state index in [4.69, 9.17) is 63.8 Å². The number of aromatic nitrogens is 15. The van der Waals surface area contributed by atoms with Gasteiger partial charge in [0.1, 0.15) is 42.6 Å². The van der Waals surface area contributed by atoms with Crippen molar-refractivity contribution in [1.82, 2.24) is 100 Å². The number of aromatic amines is 1. The minimum atomic E-state index is -0.184. The number of likely N-dealkylation sites (N-methyl/N-ethyl adjacent to an activating group) is 2. The second kappa shape index (κ2) is 28.8. The Balaban J connectivity index is 0.754. The Morgan fingerprint density at radius 2 is 1.08 bits per heavy atom. The molecule has 6 bridgehead atoms. The van der Waals surface area contributed by atoms with Crippen LogP contribution in [0.15, 0.2) is 110 Å². The van der Waals surface area contributed by atoms with Gasteiger partial charge in [0.05, 0.1) is 139 Å². The number of aryl methyl sites for hydroxylation is 1. The van der Waals surface area contributed by atoms with Crippen molar-refractivity contribution in [2.75, 3.05) is 86.5 Å². The lowest BCUT2D eigenvalue weighted by Crippen LogP contribution is -2.36. The van der Waals surface area contributed by atoms with Gasteiger partial charge in [-0.3, -0.25) is 39.1 Å². The standard InChI is InChI=1S/C77H76N20O9/c1-5-78-74(98)49-14-18-71-48(29-49)13-15-60-54-32-63(79-38-66(54)88-87-60)58-36-83-94(70(58)44-102-25-27-104-71)45-95-67-39-80-65-33-55(67)61(89-95)16-11-46-7-9-50(75(99)85-52-19-21-91(2)41-52)30-72(46)103-23-6-24-106-77-59(65)37-84-97(77)96-68-40-81-64-34-56(68)62(90-96)17-12-47-8-10-51(76(100)86-53-20-22-92(3)42-53)31-73(47)105-28-26-101-43-69-57(64)35-82-93(69)4/h7-18,29-40,52-53H,5-6,19-28,41-45H2,1-4H3,(H,78,98)(H,85,99)(H,86,100)(H,87,88)/b15-13+,16-11+,17-12+/t52-,53+/m0/s1. The molecule has 12 aromatic rings. The van der Waals surface area contributed by atoms with Crippen LogP contribution in [0.4, 0.5) is 0 Å². The van der Waals surface area contributed by atoms with Crippen LogP contribution in [0.3, 0.4) is 0 Å². The molecule has 2 fully saturated rings. The van der Waals surface area contributed by atoms with Gasteiger partial charge in [-0.1, -0.05) is 12.1 Å². The lowest BCUT2D eigenvalue weighted by molar-refractivity contribution is 0.0843. The van der Waals surface area contributed by atoms with Gasteiger partial charge >= 0.3 is 0 Å². The lowest BCUT2D eigenvalue weighted by atomic mass is 10.1. The summed E-state index contributed by atoms with van der Waals surface area (Å²) >= 11 is 0. The first-order chi connectivity index (χ1) is 51.9. The summed E-state index contributed by atoms with van der Waals surface area (Å²) < 4.78 is 44.5. The summed E-state index contributed by atoms with van der Waals surface area (Å²) in [5.41, 5.74) is 12.9. The number of carbonyl (C=O) groups excluding carboxylic acids is 3. The molecule has 5 aliphatic rings. The maximum absolute atomic E-state index is 14.0. The van der Waals surface area contributed by atoms with E-state index < -0.39 is 0 Å². The van der Waals surface area contributed by atoms with Crippen LogP contribution in [0.2, 0.25) is 0 Å². The van der Waals surface area contributed by atoms with Crippen LogP contribution < -0.4 is 34.9 Å². The van der Waals surface area contributed by atoms with E-state index in [1.54, 1.807) is 81.8 Å². The zero-order valence-electron chi connectivity index (χ0n) is 58.9. The number of carbonyl (C=O) groups is 3. The van der Waals surface area contributed by atoms with Crippen molar-refractivity contribution in [3.05, 3.63) is 172 Å². The molecule has 9 aromatic heterocycles. The maximum Gasteiger partial charge on any atom is 0.251 e. The minimum absolute atomic E-state index is 0.0260. The highest BCUT2D eigenvalue weighted by atomic mass is 16.5. The zero-order chi connectivity index (χ0) is 71.9. The monoisotopic (exact) mass is 1420 g/mol. The van der Waals surface area contributed by atoms with E-state index in [1.165, 1.54) is 0 Å². The number of likely N-dealkylation sites (tertiary alicyclic amines) is 2. The second-order valence-corrected chi connectivity index (χ2v) is 27.0. The van der Waals surface area contributed by atoms with Crippen LogP contribution in [0.25, 0.3) is 103 Å². The molecule has 3 amide bonds. The van der Waals surface area contributed by atoms with Crippen molar-refractivity contribution in [3.8, 4) is 56.9 Å². The van der Waals surface area contributed by atoms with Gasteiger partial charge in [0, 0.05) is 106 Å². The molecule has 4 N–H and O–H groups in total. The quantitative estimate of drug-likeness (QED) is 0.105. The summed E-state index contributed by atoms with van der Waals surface area (Å²) in [6.45, 7) is 7.52. The van der Waals surface area contributed by atoms with Gasteiger partial charge in [-0.15, -0.1) is 14.7 Å². The highest BCUT2D eigenvalue weighted by Gasteiger charge is 2.28. The number of nitrogens with one attached hydrogen (secondary N) is 4. The predicted molar refractivity (Wildman–Crippen MR) is 397 cm³/mol. The van der Waals surface area contributed by atoms with Crippen molar-refractivity contribution in [3.63, 3.8) is 0 Å². The average molecular weight is 1430 g/mol. The average Bonchev–Trinajstić information content (AvgIpc) is 1.60. The van der Waals surface area contributed by atoms with E-state index in [0.29, 0.717) is 109 Å². The van der Waals surface area contributed by atoms with Gasteiger partial charge in [-0.2, -0.15) is 25.5 Å². The Labute approximate surface area is 607 Å². The van der Waals surface area contributed by atoms with Crippen molar-refractivity contribution in [2.24, 2.45) is 7.05 Å². The highest BCUT2D eigenvalue weighted by Crippen LogP contribution is 2.38. The highest BCUT2D eigenvalue weighted by molar-refractivity contribution is 5.99. The summed E-state index contributed by atoms with van der Waals surface area (Å²) in [5.74, 6) is 1.38. The number of hydrogen-bond donors (Lipinski definition) is 4. The molecule has 106 heavy (non-hydrogen) atoms. The maximum atomic E-state index is 14.0. The third kappa shape index (κ3) is 13.4. The predicted octanol–water partition coefficient (Wildman–Crippen LogP) is 8.50. The number of hydrogen-bond acceptors (Lipinski definition) is 20. The third-order valence-corrected chi connectivity index (χ3v) is 19.8. The van der Waals surface area contributed by atoms with Crippen LogP contribution in [0, 0.1) is 0 Å². The second-order valence-electron chi connectivity index (χ2n) is 27.0. The smallest absolute Gasteiger partial charge is 0.251 e. The van der Waals surface area contributed by atoms with Gasteiger partial charge < -0.3 is 54.2 Å². The summed E-state index contributed by atoms with van der Waals surface area (Å²) in [5, 5.41) is 44.7. The first kappa shape index (κ1) is 67.0. The van der Waals surface area contributed by atoms with Crippen molar-refractivity contribution in [2.45, 2.75) is 58.2 Å². The number of pyridine rings is 3. The Morgan fingerprint density at radius 1 is 0.509 bits per heavy atom. The molecule has 538 valence electrons. The van der Waals surface area contributed by atoms with Crippen LogP contribution in [-0.4, -0.2) is 200 Å². The van der Waals surface area contributed by atoms with Crippen LogP contribution >= 0.6 is 0 Å². The molecule has 0 spiro atoms. The van der Waals surface area contributed by atoms with Gasteiger partial charge in [-0.25, -0.2) is 9.36 Å². The molecular formula is C77H76N20O9. The van der Waals surface area contributed by atoms with Crippen molar-refractivity contribution < 1.29 is 42.8 Å². The Morgan fingerprint density at radius 3 is 1.79 bits per heavy atom. The van der Waals surface area contributed by atoms with Crippen LogP contribution in [0.1, 0.15) is 102 Å². The van der Waals surface area contributed by atoms with Crippen molar-refractivity contribution >= 4 is 86.9 Å². The number of amides is 3.